The van der Waals surface area contributed by atoms with E-state index in [1.807, 2.05) is 60.7 Å². The highest BCUT2D eigenvalue weighted by atomic mass is 16.7. The van der Waals surface area contributed by atoms with Crippen LogP contribution < -0.4 is 0 Å². The molecule has 2 aliphatic rings. The third-order valence-electron chi connectivity index (χ3n) is 5.95. The Kier molecular flexibility index (Phi) is 6.61. The molecule has 0 radical (unpaired) electrons. The van der Waals surface area contributed by atoms with Crippen LogP contribution in [-0.4, -0.2) is 51.7 Å². The summed E-state index contributed by atoms with van der Waals surface area (Å²) in [7, 11) is 0. The van der Waals surface area contributed by atoms with E-state index >= 15 is 0 Å². The normalized spacial score (nSPS) is 22.0. The molecule has 0 saturated carbocycles. The van der Waals surface area contributed by atoms with Gasteiger partial charge < -0.3 is 9.47 Å². The Morgan fingerprint density at radius 1 is 0.971 bits per heavy atom. The fourth-order valence-electron chi connectivity index (χ4n) is 4.30. The molecule has 2 heterocycles. The lowest BCUT2D eigenvalue weighted by Crippen LogP contribution is -2.74. The van der Waals surface area contributed by atoms with Crippen molar-refractivity contribution >= 4 is 18.0 Å². The molecular formula is C26H30N2O6. The summed E-state index contributed by atoms with van der Waals surface area (Å²) in [6.45, 7) is 5.72. The second-order valence-corrected chi connectivity index (χ2v) is 9.63. The molecule has 0 bridgehead atoms. The van der Waals surface area contributed by atoms with Gasteiger partial charge >= 0.3 is 12.1 Å². The van der Waals surface area contributed by atoms with Gasteiger partial charge in [0.15, 0.2) is 0 Å². The minimum absolute atomic E-state index is 0.0889. The molecule has 2 aromatic rings. The number of nitrogens with zero attached hydrogens (tertiary/aromatic N) is 2. The van der Waals surface area contributed by atoms with Crippen LogP contribution in [0.3, 0.4) is 0 Å². The molecule has 2 aromatic carbocycles. The average molecular weight is 467 g/mol. The van der Waals surface area contributed by atoms with E-state index in [9.17, 15) is 14.4 Å². The highest BCUT2D eigenvalue weighted by Crippen LogP contribution is 2.43. The maximum absolute atomic E-state index is 13.2. The number of carbonyl (C=O) groups excluding carboxylic acids is 3. The molecule has 0 N–H and O–H groups in total. The van der Waals surface area contributed by atoms with Crippen LogP contribution in [-0.2, 0) is 37.1 Å². The van der Waals surface area contributed by atoms with Crippen molar-refractivity contribution < 1.29 is 28.7 Å². The number of esters is 1. The Balaban J connectivity index is 1.47. The fraction of sp³-hybridized carbons (Fsp3) is 0.423. The number of hydroxylamine groups is 2. The molecule has 0 aliphatic carbocycles. The van der Waals surface area contributed by atoms with Crippen LogP contribution >= 0.6 is 0 Å². The van der Waals surface area contributed by atoms with Gasteiger partial charge in [-0.3, -0.25) is 14.5 Å². The molecule has 8 heteroatoms. The predicted octanol–water partition coefficient (Wildman–Crippen LogP) is 3.84. The lowest BCUT2D eigenvalue weighted by molar-refractivity contribution is -0.242. The van der Waals surface area contributed by atoms with Crippen LogP contribution in [0, 0.1) is 0 Å². The highest BCUT2D eigenvalue weighted by Gasteiger charge is 2.65. The SMILES string of the molecule is CC(C)(C)OC(=O)N1C(C(=O)OCc2ccccc2)CCC12CN(OCc1ccccc1)C2=O. The Hall–Kier alpha value is -3.39. The minimum Gasteiger partial charge on any atom is -0.459 e. The summed E-state index contributed by atoms with van der Waals surface area (Å²) in [6, 6.07) is 17.9. The lowest BCUT2D eigenvalue weighted by Gasteiger charge is -2.50. The van der Waals surface area contributed by atoms with Crippen LogP contribution in [0.1, 0.15) is 44.7 Å². The zero-order valence-corrected chi connectivity index (χ0v) is 19.7. The van der Waals surface area contributed by atoms with Crippen molar-refractivity contribution in [3.8, 4) is 0 Å². The number of rotatable bonds is 6. The number of benzene rings is 2. The number of ether oxygens (including phenoxy) is 2. The van der Waals surface area contributed by atoms with Gasteiger partial charge in [-0.05, 0) is 44.7 Å². The van der Waals surface area contributed by atoms with Gasteiger partial charge in [-0.1, -0.05) is 60.7 Å². The van der Waals surface area contributed by atoms with Crippen LogP contribution in [0.25, 0.3) is 0 Å². The third-order valence-corrected chi connectivity index (χ3v) is 5.95. The topological polar surface area (TPSA) is 85.4 Å². The average Bonchev–Trinajstić information content (AvgIpc) is 3.23. The maximum atomic E-state index is 13.2. The third kappa shape index (κ3) is 4.92. The van der Waals surface area contributed by atoms with Gasteiger partial charge in [0.2, 0.25) is 0 Å². The fourth-order valence-corrected chi connectivity index (χ4v) is 4.30. The first kappa shape index (κ1) is 23.8. The van der Waals surface area contributed by atoms with Gasteiger partial charge in [0.05, 0.1) is 6.54 Å². The Morgan fingerprint density at radius 3 is 2.12 bits per heavy atom. The van der Waals surface area contributed by atoms with Crippen LogP contribution in [0.2, 0.25) is 0 Å². The number of carbonyl (C=O) groups is 3. The summed E-state index contributed by atoms with van der Waals surface area (Å²) < 4.78 is 11.1. The first-order valence-corrected chi connectivity index (χ1v) is 11.4. The van der Waals surface area contributed by atoms with Crippen molar-refractivity contribution in [2.24, 2.45) is 0 Å². The van der Waals surface area contributed by atoms with Gasteiger partial charge in [0.25, 0.3) is 5.91 Å². The van der Waals surface area contributed by atoms with Gasteiger partial charge in [-0.25, -0.2) is 14.7 Å². The molecule has 180 valence electrons. The molecule has 0 aromatic heterocycles. The zero-order valence-electron chi connectivity index (χ0n) is 19.7. The van der Waals surface area contributed by atoms with E-state index in [1.54, 1.807) is 20.8 Å². The first-order chi connectivity index (χ1) is 16.2. The summed E-state index contributed by atoms with van der Waals surface area (Å²) in [5.74, 6) is -0.907. The van der Waals surface area contributed by atoms with Crippen molar-refractivity contribution in [3.63, 3.8) is 0 Å². The second-order valence-electron chi connectivity index (χ2n) is 9.63. The van der Waals surface area contributed by atoms with E-state index in [2.05, 4.69) is 0 Å². The molecule has 2 amide bonds. The molecule has 34 heavy (non-hydrogen) atoms. The number of hydrogen-bond donors (Lipinski definition) is 0. The van der Waals surface area contributed by atoms with E-state index in [-0.39, 0.29) is 25.7 Å². The monoisotopic (exact) mass is 466 g/mol. The zero-order chi connectivity index (χ0) is 24.3. The standard InChI is InChI=1S/C26H30N2O6/c1-25(2,3)34-24(31)28-21(22(29)32-16-19-10-6-4-7-11-19)14-15-26(28)18-27(23(26)30)33-17-20-12-8-5-9-13-20/h4-13,21H,14-18H2,1-3H3. The molecule has 2 saturated heterocycles. The minimum atomic E-state index is -1.17. The molecule has 2 fully saturated rings. The highest BCUT2D eigenvalue weighted by molar-refractivity contribution is 5.97. The number of likely N-dealkylation sites (tertiary alicyclic amines) is 1. The molecule has 2 unspecified atom stereocenters. The van der Waals surface area contributed by atoms with Crippen LogP contribution in [0.15, 0.2) is 60.7 Å². The molecule has 2 aliphatic heterocycles. The van der Waals surface area contributed by atoms with Gasteiger partial charge in [-0.2, -0.15) is 0 Å². The number of amides is 2. The van der Waals surface area contributed by atoms with E-state index in [4.69, 9.17) is 14.3 Å². The molecule has 1 spiro atoms. The van der Waals surface area contributed by atoms with Gasteiger partial charge in [0, 0.05) is 0 Å². The maximum Gasteiger partial charge on any atom is 0.412 e. The lowest BCUT2D eigenvalue weighted by atomic mass is 9.88. The van der Waals surface area contributed by atoms with Crippen molar-refractivity contribution in [1.82, 2.24) is 9.96 Å². The molecular weight excluding hydrogens is 436 g/mol. The van der Waals surface area contributed by atoms with Crippen molar-refractivity contribution in [2.45, 2.75) is 64.0 Å². The first-order valence-electron chi connectivity index (χ1n) is 11.4. The quantitative estimate of drug-likeness (QED) is 0.475. The van der Waals surface area contributed by atoms with Crippen molar-refractivity contribution in [1.29, 1.82) is 0 Å². The Bertz CT molecular complexity index is 1040. The van der Waals surface area contributed by atoms with Crippen molar-refractivity contribution in [2.75, 3.05) is 6.54 Å². The Labute approximate surface area is 199 Å². The summed E-state index contributed by atoms with van der Waals surface area (Å²) in [4.78, 5) is 46.4. The van der Waals surface area contributed by atoms with E-state index in [1.165, 1.54) is 9.96 Å². The Morgan fingerprint density at radius 2 is 1.56 bits per heavy atom. The molecule has 8 nitrogen and oxygen atoms in total. The van der Waals surface area contributed by atoms with Gasteiger partial charge in [-0.15, -0.1) is 0 Å². The van der Waals surface area contributed by atoms with E-state index in [0.29, 0.717) is 12.8 Å². The summed E-state index contributed by atoms with van der Waals surface area (Å²) in [6.07, 6.45) is -0.0605. The second kappa shape index (κ2) is 9.46. The van der Waals surface area contributed by atoms with E-state index in [0.717, 1.165) is 11.1 Å². The predicted molar refractivity (Wildman–Crippen MR) is 123 cm³/mol. The number of hydrogen-bond acceptors (Lipinski definition) is 6. The van der Waals surface area contributed by atoms with Crippen LogP contribution in [0.5, 0.6) is 0 Å². The largest absolute Gasteiger partial charge is 0.459 e. The summed E-state index contributed by atoms with van der Waals surface area (Å²) in [5, 5.41) is 1.25. The smallest absolute Gasteiger partial charge is 0.412 e. The van der Waals surface area contributed by atoms with Crippen LogP contribution in [0.4, 0.5) is 4.79 Å². The van der Waals surface area contributed by atoms with Crippen molar-refractivity contribution in [3.05, 3.63) is 71.8 Å². The molecule has 4 rings (SSSR count). The number of β-lactam (4-membered cyclic amide) rings is 1. The summed E-state index contributed by atoms with van der Waals surface area (Å²) in [5.41, 5.74) is -0.188. The van der Waals surface area contributed by atoms with E-state index < -0.39 is 29.2 Å². The molecule has 2 atom stereocenters. The summed E-state index contributed by atoms with van der Waals surface area (Å²) >= 11 is 0. The van der Waals surface area contributed by atoms with Gasteiger partial charge in [0.1, 0.15) is 30.4 Å².